The lowest BCUT2D eigenvalue weighted by molar-refractivity contribution is -0.163. The number of hydrogen-bond donors (Lipinski definition) is 0. The number of hydroxylamine groups is 2. The summed E-state index contributed by atoms with van der Waals surface area (Å²) in [6.07, 6.45) is 0. The molecule has 1 atom stereocenters. The molecule has 0 saturated carbocycles. The summed E-state index contributed by atoms with van der Waals surface area (Å²) in [5, 5.41) is 2.19. The zero-order valence-electron chi connectivity index (χ0n) is 12.5. The topological polar surface area (TPSA) is 41.9 Å². The minimum Gasteiger partial charge on any atom is -0.271 e. The normalized spacial score (nSPS) is 19.6. The number of halogens is 1. The van der Waals surface area contributed by atoms with Crippen LogP contribution in [0, 0.1) is 0 Å². The average Bonchev–Trinajstić information content (AvgIpc) is 2.81. The first kappa shape index (κ1) is 16.1. The van der Waals surface area contributed by atoms with Crippen LogP contribution in [0.2, 0.25) is 5.02 Å². The number of benzene rings is 2. The molecule has 2 aromatic carbocycles. The van der Waals surface area contributed by atoms with E-state index >= 15 is 0 Å². The van der Waals surface area contributed by atoms with Crippen molar-refractivity contribution in [3.8, 4) is 0 Å². The Balaban J connectivity index is 1.79. The van der Waals surface area contributed by atoms with E-state index in [2.05, 4.69) is 4.99 Å². The Labute approximate surface area is 144 Å². The third kappa shape index (κ3) is 3.93. The first-order valence-corrected chi connectivity index (χ1v) is 8.41. The molecule has 1 saturated heterocycles. The van der Waals surface area contributed by atoms with E-state index in [1.807, 2.05) is 49.4 Å². The number of amides is 1. The number of amidine groups is 1. The molecule has 2 aromatic rings. The number of carbonyl (C=O) groups is 1. The molecule has 0 aromatic heterocycles. The van der Waals surface area contributed by atoms with Crippen molar-refractivity contribution in [2.75, 3.05) is 0 Å². The van der Waals surface area contributed by atoms with Crippen LogP contribution in [0.1, 0.15) is 12.5 Å². The van der Waals surface area contributed by atoms with Crippen LogP contribution in [0.25, 0.3) is 0 Å². The Morgan fingerprint density at radius 3 is 2.74 bits per heavy atom. The van der Waals surface area contributed by atoms with E-state index in [0.717, 1.165) is 5.56 Å². The van der Waals surface area contributed by atoms with Crippen molar-refractivity contribution in [2.45, 2.75) is 18.8 Å². The van der Waals surface area contributed by atoms with Crippen LogP contribution in [0.4, 0.5) is 5.69 Å². The first-order chi connectivity index (χ1) is 11.1. The van der Waals surface area contributed by atoms with Gasteiger partial charge in [0.15, 0.2) is 5.17 Å². The van der Waals surface area contributed by atoms with Crippen LogP contribution in [0.5, 0.6) is 0 Å². The molecule has 1 aliphatic heterocycles. The molecule has 1 heterocycles. The van der Waals surface area contributed by atoms with Crippen molar-refractivity contribution >= 4 is 40.1 Å². The van der Waals surface area contributed by atoms with Crippen molar-refractivity contribution in [2.24, 2.45) is 4.99 Å². The van der Waals surface area contributed by atoms with Crippen LogP contribution in [-0.2, 0) is 16.2 Å². The fourth-order valence-corrected chi connectivity index (χ4v) is 3.17. The van der Waals surface area contributed by atoms with E-state index in [-0.39, 0.29) is 11.2 Å². The van der Waals surface area contributed by atoms with Gasteiger partial charge in [-0.3, -0.25) is 9.63 Å². The molecule has 0 radical (unpaired) electrons. The molecule has 1 unspecified atom stereocenters. The highest BCUT2D eigenvalue weighted by Crippen LogP contribution is 2.30. The van der Waals surface area contributed by atoms with E-state index in [1.165, 1.54) is 16.8 Å². The summed E-state index contributed by atoms with van der Waals surface area (Å²) >= 11 is 7.35. The molecule has 0 spiro atoms. The molecule has 0 bridgehead atoms. The highest BCUT2D eigenvalue weighted by molar-refractivity contribution is 8.15. The van der Waals surface area contributed by atoms with E-state index in [9.17, 15) is 4.79 Å². The summed E-state index contributed by atoms with van der Waals surface area (Å²) in [5.41, 5.74) is 1.68. The maximum absolute atomic E-state index is 12.3. The second-order valence-electron chi connectivity index (χ2n) is 5.03. The molecule has 1 amide bonds. The molecule has 0 aliphatic carbocycles. The zero-order chi connectivity index (χ0) is 16.2. The molecular formula is C17H15ClN2O2S. The Morgan fingerprint density at radius 1 is 1.22 bits per heavy atom. The van der Waals surface area contributed by atoms with Crippen LogP contribution in [0.15, 0.2) is 59.6 Å². The SMILES string of the molecule is CC1SC(=Nc2cccc(Cl)c2)N(OCc2ccccc2)C1=O. The smallest absolute Gasteiger partial charge is 0.266 e. The Morgan fingerprint density at radius 2 is 2.00 bits per heavy atom. The number of hydrogen-bond acceptors (Lipinski definition) is 4. The predicted molar refractivity (Wildman–Crippen MR) is 93.7 cm³/mol. The molecule has 118 valence electrons. The van der Waals surface area contributed by atoms with Gasteiger partial charge in [-0.05, 0) is 30.7 Å². The van der Waals surface area contributed by atoms with Gasteiger partial charge in [-0.2, -0.15) is 5.06 Å². The molecular weight excluding hydrogens is 332 g/mol. The number of rotatable bonds is 4. The third-order valence-corrected chi connectivity index (χ3v) is 4.50. The first-order valence-electron chi connectivity index (χ1n) is 7.15. The van der Waals surface area contributed by atoms with Gasteiger partial charge in [0.2, 0.25) is 0 Å². The lowest BCUT2D eigenvalue weighted by Crippen LogP contribution is -2.31. The number of thioether (sulfide) groups is 1. The minimum absolute atomic E-state index is 0.105. The van der Waals surface area contributed by atoms with Gasteiger partial charge in [-0.1, -0.05) is 59.8 Å². The maximum Gasteiger partial charge on any atom is 0.266 e. The third-order valence-electron chi connectivity index (χ3n) is 3.24. The molecule has 23 heavy (non-hydrogen) atoms. The Kier molecular flexibility index (Phi) is 5.00. The highest BCUT2D eigenvalue weighted by Gasteiger charge is 2.36. The summed E-state index contributed by atoms with van der Waals surface area (Å²) < 4.78 is 0. The lowest BCUT2D eigenvalue weighted by Gasteiger charge is -2.15. The van der Waals surface area contributed by atoms with Crippen molar-refractivity contribution < 1.29 is 9.63 Å². The van der Waals surface area contributed by atoms with Gasteiger partial charge >= 0.3 is 0 Å². The zero-order valence-corrected chi connectivity index (χ0v) is 14.1. The summed E-state index contributed by atoms with van der Waals surface area (Å²) in [5.74, 6) is -0.105. The van der Waals surface area contributed by atoms with Gasteiger partial charge in [0, 0.05) is 5.02 Å². The van der Waals surface area contributed by atoms with Crippen molar-refractivity contribution in [3.63, 3.8) is 0 Å². The van der Waals surface area contributed by atoms with E-state index in [0.29, 0.717) is 22.5 Å². The molecule has 4 nitrogen and oxygen atoms in total. The van der Waals surface area contributed by atoms with Crippen LogP contribution >= 0.6 is 23.4 Å². The molecule has 3 rings (SSSR count). The Bertz CT molecular complexity index is 736. The van der Waals surface area contributed by atoms with E-state index in [1.54, 1.807) is 12.1 Å². The van der Waals surface area contributed by atoms with Gasteiger partial charge < -0.3 is 0 Å². The minimum atomic E-state index is -0.219. The second-order valence-corrected chi connectivity index (χ2v) is 6.77. The quantitative estimate of drug-likeness (QED) is 0.822. The molecule has 6 heteroatoms. The van der Waals surface area contributed by atoms with Gasteiger partial charge in [-0.15, -0.1) is 0 Å². The van der Waals surface area contributed by atoms with Gasteiger partial charge in [-0.25, -0.2) is 4.99 Å². The Hall–Kier alpha value is -1.82. The largest absolute Gasteiger partial charge is 0.271 e. The van der Waals surface area contributed by atoms with Gasteiger partial charge in [0.1, 0.15) is 6.61 Å². The van der Waals surface area contributed by atoms with Crippen molar-refractivity contribution in [3.05, 3.63) is 65.2 Å². The average molecular weight is 347 g/mol. The van der Waals surface area contributed by atoms with Crippen LogP contribution in [0.3, 0.4) is 0 Å². The van der Waals surface area contributed by atoms with Crippen LogP contribution < -0.4 is 0 Å². The highest BCUT2D eigenvalue weighted by atomic mass is 35.5. The standard InChI is InChI=1S/C17H15ClN2O2S/c1-12-16(21)20(22-11-13-6-3-2-4-7-13)17(23-12)19-15-9-5-8-14(18)10-15/h2-10,12H,11H2,1H3. The summed E-state index contributed by atoms with van der Waals surface area (Å²) in [6, 6.07) is 16.9. The van der Waals surface area contributed by atoms with E-state index in [4.69, 9.17) is 16.4 Å². The second kappa shape index (κ2) is 7.17. The van der Waals surface area contributed by atoms with Crippen LogP contribution in [-0.4, -0.2) is 21.4 Å². The maximum atomic E-state index is 12.3. The van der Waals surface area contributed by atoms with Crippen molar-refractivity contribution in [1.82, 2.24) is 5.06 Å². The number of carbonyl (C=O) groups excluding carboxylic acids is 1. The summed E-state index contributed by atoms with van der Waals surface area (Å²) in [6.45, 7) is 2.15. The summed E-state index contributed by atoms with van der Waals surface area (Å²) in [4.78, 5) is 22.4. The molecule has 1 aliphatic rings. The molecule has 0 N–H and O–H groups in total. The number of aliphatic imine (C=N–C) groups is 1. The van der Waals surface area contributed by atoms with E-state index < -0.39 is 0 Å². The monoisotopic (exact) mass is 346 g/mol. The van der Waals surface area contributed by atoms with Gasteiger partial charge in [0.25, 0.3) is 5.91 Å². The predicted octanol–water partition coefficient (Wildman–Crippen LogP) is 4.42. The fraction of sp³-hybridized carbons (Fsp3) is 0.176. The summed E-state index contributed by atoms with van der Waals surface area (Å²) in [7, 11) is 0. The molecule has 1 fully saturated rings. The number of nitrogens with zero attached hydrogens (tertiary/aromatic N) is 2. The lowest BCUT2D eigenvalue weighted by atomic mass is 10.2. The van der Waals surface area contributed by atoms with Gasteiger partial charge in [0.05, 0.1) is 10.9 Å². The fourth-order valence-electron chi connectivity index (χ4n) is 2.08. The van der Waals surface area contributed by atoms with Crippen molar-refractivity contribution in [1.29, 1.82) is 0 Å².